The van der Waals surface area contributed by atoms with Crippen LogP contribution >= 0.6 is 0 Å². The van der Waals surface area contributed by atoms with E-state index in [1.807, 2.05) is 6.07 Å². The average molecular weight is 420 g/mol. The van der Waals surface area contributed by atoms with E-state index in [0.29, 0.717) is 17.1 Å². The first-order valence-corrected chi connectivity index (χ1v) is 9.38. The second kappa shape index (κ2) is 9.08. The molecule has 1 aliphatic rings. The number of rotatable bonds is 5. The fraction of sp³-hybridized carbons (Fsp3) is 0.0870. The highest BCUT2D eigenvalue weighted by atomic mass is 19.1. The lowest BCUT2D eigenvalue weighted by Gasteiger charge is -2.24. The van der Waals surface area contributed by atoms with Crippen LogP contribution in [0.3, 0.4) is 0 Å². The summed E-state index contributed by atoms with van der Waals surface area (Å²) in [6.07, 6.45) is 0.570. The van der Waals surface area contributed by atoms with Crippen LogP contribution in [0.15, 0.2) is 77.9 Å². The Morgan fingerprint density at radius 2 is 1.84 bits per heavy atom. The second-order valence-corrected chi connectivity index (χ2v) is 6.57. The van der Waals surface area contributed by atoms with E-state index < -0.39 is 23.8 Å². The Bertz CT molecular complexity index is 1150. The van der Waals surface area contributed by atoms with Crippen LogP contribution < -0.4 is 19.6 Å². The number of halogens is 1. The number of carbonyl (C=O) groups is 2. The number of para-hydroxylation sites is 2. The number of benzene rings is 3. The Morgan fingerprint density at radius 1 is 1.03 bits per heavy atom. The topological polar surface area (TPSA) is 86.2 Å². The van der Waals surface area contributed by atoms with Gasteiger partial charge in [0.1, 0.15) is 18.2 Å². The highest BCUT2D eigenvalue weighted by Crippen LogP contribution is 2.30. The molecule has 0 radical (unpaired) electrons. The summed E-state index contributed by atoms with van der Waals surface area (Å²) in [5.74, 6) is -0.339. The van der Waals surface area contributed by atoms with Gasteiger partial charge in [-0.3, -0.25) is 4.79 Å². The molecule has 8 heteroatoms. The molecule has 3 aromatic carbocycles. The van der Waals surface area contributed by atoms with Crippen LogP contribution in [0.1, 0.15) is 15.9 Å². The lowest BCUT2D eigenvalue weighted by atomic mass is 10.2. The average Bonchev–Trinajstić information content (AvgIpc) is 2.79. The molecule has 1 aliphatic heterocycles. The van der Waals surface area contributed by atoms with E-state index in [2.05, 4.69) is 10.5 Å². The number of ether oxygens (including phenoxy) is 3. The second-order valence-electron chi connectivity index (χ2n) is 6.57. The van der Waals surface area contributed by atoms with Crippen molar-refractivity contribution >= 4 is 18.1 Å². The van der Waals surface area contributed by atoms with E-state index in [1.54, 1.807) is 42.5 Å². The molecule has 0 unspecified atom stereocenters. The van der Waals surface area contributed by atoms with E-state index in [-0.39, 0.29) is 17.9 Å². The lowest BCUT2D eigenvalue weighted by Crippen LogP contribution is -2.42. The van der Waals surface area contributed by atoms with Crippen molar-refractivity contribution in [3.8, 4) is 17.2 Å². The SMILES string of the molecule is O=C(Oc1cccc(/C=N/NC(=O)[C@@H]2COc3ccccc3O2)c1)c1cccc(F)c1. The minimum atomic E-state index is -0.828. The van der Waals surface area contributed by atoms with Gasteiger partial charge < -0.3 is 14.2 Å². The Morgan fingerprint density at radius 3 is 2.68 bits per heavy atom. The quantitative estimate of drug-likeness (QED) is 0.296. The molecule has 0 aromatic heterocycles. The van der Waals surface area contributed by atoms with Crippen LogP contribution in [0, 0.1) is 5.82 Å². The van der Waals surface area contributed by atoms with Crippen LogP contribution in [0.25, 0.3) is 0 Å². The van der Waals surface area contributed by atoms with E-state index in [9.17, 15) is 14.0 Å². The molecule has 7 nitrogen and oxygen atoms in total. The van der Waals surface area contributed by atoms with Crippen LogP contribution in [-0.2, 0) is 4.79 Å². The molecule has 4 rings (SSSR count). The fourth-order valence-electron chi connectivity index (χ4n) is 2.83. The largest absolute Gasteiger partial charge is 0.485 e. The third kappa shape index (κ3) is 5.05. The molecule has 156 valence electrons. The summed E-state index contributed by atoms with van der Waals surface area (Å²) >= 11 is 0. The molecule has 0 spiro atoms. The van der Waals surface area contributed by atoms with E-state index in [0.717, 1.165) is 6.07 Å². The molecule has 1 atom stereocenters. The maximum Gasteiger partial charge on any atom is 0.343 e. The van der Waals surface area contributed by atoms with Gasteiger partial charge in [-0.15, -0.1) is 0 Å². The number of fused-ring (bicyclic) bond motifs is 1. The third-order valence-electron chi connectivity index (χ3n) is 4.32. The summed E-state index contributed by atoms with van der Waals surface area (Å²) in [5.41, 5.74) is 3.08. The summed E-state index contributed by atoms with van der Waals surface area (Å²) in [4.78, 5) is 24.4. The zero-order chi connectivity index (χ0) is 21.6. The lowest BCUT2D eigenvalue weighted by molar-refractivity contribution is -0.130. The number of hydrazone groups is 1. The Hall–Kier alpha value is -4.20. The molecule has 0 aliphatic carbocycles. The molecule has 0 bridgehead atoms. The number of hydrogen-bond donors (Lipinski definition) is 1. The van der Waals surface area contributed by atoms with Gasteiger partial charge in [0.25, 0.3) is 5.91 Å². The summed E-state index contributed by atoms with van der Waals surface area (Å²) in [6.45, 7) is 0.0733. The first kappa shape index (κ1) is 20.1. The molecule has 0 fully saturated rings. The number of hydrogen-bond acceptors (Lipinski definition) is 6. The smallest absolute Gasteiger partial charge is 0.343 e. The molecular weight excluding hydrogens is 403 g/mol. The molecule has 0 saturated carbocycles. The summed E-state index contributed by atoms with van der Waals surface area (Å²) in [5, 5.41) is 3.91. The molecular formula is C23H17FN2O5. The van der Waals surface area contributed by atoms with Gasteiger partial charge in [-0.1, -0.05) is 30.3 Å². The fourth-order valence-corrected chi connectivity index (χ4v) is 2.83. The summed E-state index contributed by atoms with van der Waals surface area (Å²) < 4.78 is 29.7. The number of esters is 1. The van der Waals surface area contributed by atoms with Gasteiger partial charge in [0.15, 0.2) is 11.5 Å². The molecule has 1 heterocycles. The van der Waals surface area contributed by atoms with E-state index in [4.69, 9.17) is 14.2 Å². The van der Waals surface area contributed by atoms with Crippen molar-refractivity contribution < 1.29 is 28.2 Å². The van der Waals surface area contributed by atoms with Crippen molar-refractivity contribution in [2.45, 2.75) is 6.10 Å². The van der Waals surface area contributed by atoms with Gasteiger partial charge in [0.2, 0.25) is 6.10 Å². The van der Waals surface area contributed by atoms with Crippen molar-refractivity contribution in [1.82, 2.24) is 5.43 Å². The normalized spacial score (nSPS) is 14.8. The standard InChI is InChI=1S/C23H17FN2O5/c24-17-7-4-6-16(12-17)23(28)30-18-8-3-5-15(11-18)13-25-26-22(27)21-14-29-19-9-1-2-10-20(19)31-21/h1-13,21H,14H2,(H,26,27)/b25-13+/t21-/m0/s1. The van der Waals surface area contributed by atoms with E-state index >= 15 is 0 Å². The van der Waals surface area contributed by atoms with Gasteiger partial charge in [0, 0.05) is 0 Å². The maximum atomic E-state index is 13.3. The van der Waals surface area contributed by atoms with Gasteiger partial charge in [-0.05, 0) is 48.0 Å². The first-order valence-electron chi connectivity index (χ1n) is 9.38. The monoisotopic (exact) mass is 420 g/mol. The zero-order valence-corrected chi connectivity index (χ0v) is 16.2. The van der Waals surface area contributed by atoms with Crippen LogP contribution in [0.5, 0.6) is 17.2 Å². The maximum absolute atomic E-state index is 13.3. The predicted octanol–water partition coefficient (Wildman–Crippen LogP) is 3.34. The Labute approximate surface area is 177 Å². The summed E-state index contributed by atoms with van der Waals surface area (Å²) in [6, 6.07) is 18.8. The Kier molecular flexibility index (Phi) is 5.89. The van der Waals surface area contributed by atoms with Crippen molar-refractivity contribution in [3.63, 3.8) is 0 Å². The van der Waals surface area contributed by atoms with Gasteiger partial charge in [-0.25, -0.2) is 14.6 Å². The van der Waals surface area contributed by atoms with E-state index in [1.165, 1.54) is 24.4 Å². The van der Waals surface area contributed by atoms with Gasteiger partial charge >= 0.3 is 5.97 Å². The molecule has 31 heavy (non-hydrogen) atoms. The number of amides is 1. The number of carbonyl (C=O) groups excluding carboxylic acids is 2. The van der Waals surface area contributed by atoms with Crippen LogP contribution in [0.2, 0.25) is 0 Å². The predicted molar refractivity (Wildman–Crippen MR) is 110 cm³/mol. The molecule has 1 N–H and O–H groups in total. The molecule has 3 aromatic rings. The Balaban J connectivity index is 1.34. The van der Waals surface area contributed by atoms with Crippen LogP contribution in [-0.4, -0.2) is 30.8 Å². The minimum absolute atomic E-state index is 0.0733. The van der Waals surface area contributed by atoms with Crippen molar-refractivity contribution in [2.24, 2.45) is 5.10 Å². The van der Waals surface area contributed by atoms with Crippen molar-refractivity contribution in [1.29, 1.82) is 0 Å². The zero-order valence-electron chi connectivity index (χ0n) is 16.2. The number of nitrogens with zero attached hydrogens (tertiary/aromatic N) is 1. The van der Waals surface area contributed by atoms with Crippen molar-refractivity contribution in [3.05, 3.63) is 89.7 Å². The summed E-state index contributed by atoms with van der Waals surface area (Å²) in [7, 11) is 0. The number of nitrogens with one attached hydrogen (secondary N) is 1. The minimum Gasteiger partial charge on any atom is -0.485 e. The molecule has 1 amide bonds. The first-order chi connectivity index (χ1) is 15.1. The van der Waals surface area contributed by atoms with Gasteiger partial charge in [0.05, 0.1) is 11.8 Å². The van der Waals surface area contributed by atoms with Crippen molar-refractivity contribution in [2.75, 3.05) is 6.61 Å². The van der Waals surface area contributed by atoms with Crippen LogP contribution in [0.4, 0.5) is 4.39 Å². The highest BCUT2D eigenvalue weighted by molar-refractivity contribution is 5.91. The van der Waals surface area contributed by atoms with Gasteiger partial charge in [-0.2, -0.15) is 5.10 Å². The third-order valence-corrected chi connectivity index (χ3v) is 4.32. The highest BCUT2D eigenvalue weighted by Gasteiger charge is 2.26. The molecule has 0 saturated heterocycles.